The average molecular weight is 487 g/mol. The third kappa shape index (κ3) is 3.84. The summed E-state index contributed by atoms with van der Waals surface area (Å²) in [7, 11) is 1.42. The number of ether oxygens (including phenoxy) is 1. The summed E-state index contributed by atoms with van der Waals surface area (Å²) >= 11 is 0. The van der Waals surface area contributed by atoms with Crippen molar-refractivity contribution in [1.29, 1.82) is 0 Å². The van der Waals surface area contributed by atoms with E-state index in [4.69, 9.17) is 4.74 Å². The van der Waals surface area contributed by atoms with Crippen molar-refractivity contribution >= 4 is 11.9 Å². The number of likely N-dealkylation sites (tertiary alicyclic amines) is 1. The highest BCUT2D eigenvalue weighted by Gasteiger charge is 2.64. The number of benzene rings is 2. The molecule has 3 atom stereocenters. The summed E-state index contributed by atoms with van der Waals surface area (Å²) < 4.78 is 7.74. The number of hydrogen-bond donors (Lipinski definition) is 1. The molecule has 1 aromatic heterocycles. The molecule has 0 saturated carbocycles. The highest BCUT2D eigenvalue weighted by Crippen LogP contribution is 2.55. The van der Waals surface area contributed by atoms with Gasteiger partial charge in [-0.25, -0.2) is 4.79 Å². The van der Waals surface area contributed by atoms with Crippen molar-refractivity contribution in [3.05, 3.63) is 94.8 Å². The Morgan fingerprint density at radius 3 is 2.42 bits per heavy atom. The van der Waals surface area contributed by atoms with Crippen LogP contribution in [0.2, 0.25) is 0 Å². The number of aryl methyl sites for hydroxylation is 1. The zero-order valence-electron chi connectivity index (χ0n) is 21.0. The van der Waals surface area contributed by atoms with Crippen LogP contribution in [-0.2, 0) is 35.3 Å². The number of carbonyl (C=O) groups excluding carboxylic acids is 2. The van der Waals surface area contributed by atoms with Crippen molar-refractivity contribution in [2.24, 2.45) is 5.92 Å². The van der Waals surface area contributed by atoms with Crippen LogP contribution in [0.3, 0.4) is 0 Å². The van der Waals surface area contributed by atoms with Crippen LogP contribution >= 0.6 is 0 Å². The van der Waals surface area contributed by atoms with E-state index in [2.05, 4.69) is 17.6 Å². The first-order chi connectivity index (χ1) is 17.5. The van der Waals surface area contributed by atoms with Crippen LogP contribution in [0.25, 0.3) is 0 Å². The van der Waals surface area contributed by atoms with Crippen molar-refractivity contribution in [3.63, 3.8) is 0 Å². The molecule has 1 amide bonds. The Labute approximate surface area is 212 Å². The number of fused-ring (bicyclic) bond motifs is 3. The number of nitrogens with zero attached hydrogens (tertiary/aromatic N) is 2. The number of amides is 1. The van der Waals surface area contributed by atoms with Gasteiger partial charge in [-0.3, -0.25) is 4.79 Å². The van der Waals surface area contributed by atoms with E-state index in [0.717, 1.165) is 30.4 Å². The molecule has 0 spiro atoms. The summed E-state index contributed by atoms with van der Waals surface area (Å²) in [5, 5.41) is 9.78. The minimum Gasteiger partial charge on any atom is -0.467 e. The van der Waals surface area contributed by atoms with Crippen LogP contribution in [0.1, 0.15) is 52.1 Å². The van der Waals surface area contributed by atoms with E-state index < -0.39 is 5.54 Å². The molecule has 1 N–H and O–H groups in total. The first-order valence-corrected chi connectivity index (χ1v) is 12.9. The number of aliphatic hydroxyl groups excluding tert-OH is 1. The molecule has 2 aliphatic rings. The molecule has 3 aromatic rings. The smallest absolute Gasteiger partial charge is 0.332 e. The molecule has 1 fully saturated rings. The van der Waals surface area contributed by atoms with Gasteiger partial charge in [-0.15, -0.1) is 0 Å². The van der Waals surface area contributed by atoms with Gasteiger partial charge >= 0.3 is 5.97 Å². The van der Waals surface area contributed by atoms with Gasteiger partial charge in [-0.05, 0) is 48.1 Å². The molecule has 0 radical (unpaired) electrons. The number of rotatable bonds is 8. The van der Waals surface area contributed by atoms with Crippen molar-refractivity contribution in [3.8, 4) is 0 Å². The van der Waals surface area contributed by atoms with Crippen LogP contribution in [0, 0.1) is 5.92 Å². The molecule has 2 aromatic carbocycles. The fourth-order valence-corrected chi connectivity index (χ4v) is 6.61. The molecular weight excluding hydrogens is 452 g/mol. The Morgan fingerprint density at radius 2 is 1.78 bits per heavy atom. The quantitative estimate of drug-likeness (QED) is 0.489. The van der Waals surface area contributed by atoms with Crippen molar-refractivity contribution in [2.75, 3.05) is 20.3 Å². The number of aromatic nitrogens is 1. The lowest BCUT2D eigenvalue weighted by Gasteiger charge is -2.40. The summed E-state index contributed by atoms with van der Waals surface area (Å²) in [6.07, 6.45) is 3.05. The molecule has 1 aliphatic carbocycles. The van der Waals surface area contributed by atoms with Gasteiger partial charge in [-0.1, -0.05) is 61.9 Å². The number of hydrogen-bond acceptors (Lipinski definition) is 4. The average Bonchev–Trinajstić information content (AvgIpc) is 3.53. The first kappa shape index (κ1) is 24.3. The molecule has 2 heterocycles. The maximum atomic E-state index is 14.0. The number of esters is 1. The molecule has 1 saturated heterocycles. The lowest BCUT2D eigenvalue weighted by atomic mass is 9.75. The minimum atomic E-state index is -1.16. The summed E-state index contributed by atoms with van der Waals surface area (Å²) in [5.74, 6) is -0.589. The van der Waals surface area contributed by atoms with E-state index in [0.29, 0.717) is 25.1 Å². The Hall–Kier alpha value is -3.38. The predicted molar refractivity (Wildman–Crippen MR) is 138 cm³/mol. The lowest BCUT2D eigenvalue weighted by Crippen LogP contribution is -2.58. The monoisotopic (exact) mass is 486 g/mol. The Kier molecular flexibility index (Phi) is 6.71. The molecule has 0 bridgehead atoms. The van der Waals surface area contributed by atoms with Gasteiger partial charge in [0.1, 0.15) is 0 Å². The van der Waals surface area contributed by atoms with Crippen molar-refractivity contribution < 1.29 is 19.4 Å². The maximum absolute atomic E-state index is 14.0. The molecule has 0 unspecified atom stereocenters. The molecule has 5 rings (SSSR count). The predicted octanol–water partition coefficient (Wildman–Crippen LogP) is 4.00. The molecule has 188 valence electrons. The minimum absolute atomic E-state index is 0.0674. The third-order valence-electron chi connectivity index (χ3n) is 7.95. The normalized spacial score (nSPS) is 22.4. The van der Waals surface area contributed by atoms with Gasteiger partial charge in [0.25, 0.3) is 5.91 Å². The van der Waals surface area contributed by atoms with Crippen molar-refractivity contribution in [1.82, 2.24) is 9.47 Å². The second-order valence-corrected chi connectivity index (χ2v) is 9.96. The van der Waals surface area contributed by atoms with Crippen LogP contribution < -0.4 is 0 Å². The van der Waals surface area contributed by atoms with Crippen LogP contribution in [0.5, 0.6) is 0 Å². The van der Waals surface area contributed by atoms with Gasteiger partial charge in [0.15, 0.2) is 5.54 Å². The molecule has 6 nitrogen and oxygen atoms in total. The molecule has 1 aliphatic heterocycles. The lowest BCUT2D eigenvalue weighted by molar-refractivity contribution is -0.153. The first-order valence-electron chi connectivity index (χ1n) is 12.9. The zero-order chi connectivity index (χ0) is 25.3. The van der Waals surface area contributed by atoms with Crippen LogP contribution in [0.15, 0.2) is 66.7 Å². The summed E-state index contributed by atoms with van der Waals surface area (Å²) in [6.45, 7) is 3.24. The van der Waals surface area contributed by atoms with Gasteiger partial charge in [0.2, 0.25) is 0 Å². The second kappa shape index (κ2) is 9.94. The van der Waals surface area contributed by atoms with Gasteiger partial charge in [0.05, 0.1) is 13.7 Å². The summed E-state index contributed by atoms with van der Waals surface area (Å²) in [5.41, 5.74) is 3.90. The van der Waals surface area contributed by atoms with Crippen LogP contribution in [-0.4, -0.2) is 52.3 Å². The van der Waals surface area contributed by atoms with E-state index in [1.165, 1.54) is 18.5 Å². The van der Waals surface area contributed by atoms with E-state index in [9.17, 15) is 14.7 Å². The van der Waals surface area contributed by atoms with Crippen LogP contribution in [0.4, 0.5) is 0 Å². The number of carbonyl (C=O) groups is 2. The fraction of sp³-hybridized carbons (Fsp3) is 0.400. The Morgan fingerprint density at radius 1 is 1.08 bits per heavy atom. The number of aliphatic hydroxyl groups is 1. The van der Waals surface area contributed by atoms with E-state index in [-0.39, 0.29) is 30.3 Å². The highest BCUT2D eigenvalue weighted by atomic mass is 16.5. The largest absolute Gasteiger partial charge is 0.467 e. The second-order valence-electron chi connectivity index (χ2n) is 9.96. The number of methoxy groups -OCH3 is 1. The Balaban J connectivity index is 1.69. The Bertz CT molecular complexity index is 1240. The maximum Gasteiger partial charge on any atom is 0.332 e. The SMILES string of the molecule is CCCc1cc2c(n1CCO)C[C@H]1CN(C(=O)c3ccccc3)[C@@](Cc3ccccc3)(C(=O)OC)[C@@H]21. The van der Waals surface area contributed by atoms with E-state index in [1.54, 1.807) is 4.90 Å². The van der Waals surface area contributed by atoms with E-state index >= 15 is 0 Å². The van der Waals surface area contributed by atoms with Crippen molar-refractivity contribution in [2.45, 2.75) is 50.6 Å². The van der Waals surface area contributed by atoms with Gasteiger partial charge < -0.3 is 19.3 Å². The highest BCUT2D eigenvalue weighted by molar-refractivity contribution is 5.99. The summed E-state index contributed by atoms with van der Waals surface area (Å²) in [4.78, 5) is 29.7. The van der Waals surface area contributed by atoms with Gasteiger partial charge in [-0.2, -0.15) is 0 Å². The van der Waals surface area contributed by atoms with Gasteiger partial charge in [0, 0.05) is 42.4 Å². The van der Waals surface area contributed by atoms with E-state index in [1.807, 2.05) is 60.7 Å². The summed E-state index contributed by atoms with van der Waals surface area (Å²) in [6, 6.07) is 21.3. The fourth-order valence-electron chi connectivity index (χ4n) is 6.61. The zero-order valence-corrected chi connectivity index (χ0v) is 21.0. The standard InChI is InChI=1S/C30H34N2O4/c1-3-10-24-18-25-26(31(24)15-16-33)17-23-20-32(28(34)22-13-8-5-9-14-22)30(27(23)25,29(35)36-2)19-21-11-6-4-7-12-21/h4-9,11-14,18,23,27,33H,3,10,15-17,19-20H2,1-2H3/t23-,27+,30+/m0/s1. The third-order valence-corrected chi connectivity index (χ3v) is 7.95. The molecular formula is C30H34N2O4. The molecule has 6 heteroatoms. The molecule has 36 heavy (non-hydrogen) atoms. The topological polar surface area (TPSA) is 71.8 Å².